The Labute approximate surface area is 224 Å². The van der Waals surface area contributed by atoms with E-state index in [1.165, 1.54) is 27.7 Å². The quantitative estimate of drug-likeness (QED) is 0.397. The van der Waals surface area contributed by atoms with Crippen molar-refractivity contribution >= 4 is 5.91 Å². The second kappa shape index (κ2) is 10.4. The Hall–Kier alpha value is -4.34. The Bertz CT molecular complexity index is 1590. The number of aryl methyl sites for hydroxylation is 3. The molecule has 1 saturated heterocycles. The summed E-state index contributed by atoms with van der Waals surface area (Å²) in [5, 5.41) is 16.0. The topological polar surface area (TPSA) is 93.2 Å². The van der Waals surface area contributed by atoms with Crippen LogP contribution in [0, 0.1) is 11.6 Å². The molecule has 1 aliphatic heterocycles. The molecule has 202 valence electrons. The van der Waals surface area contributed by atoms with Crippen LogP contribution in [-0.2, 0) is 19.9 Å². The zero-order valence-corrected chi connectivity index (χ0v) is 22.0. The van der Waals surface area contributed by atoms with Crippen LogP contribution in [0.4, 0.5) is 8.78 Å². The molecule has 4 aromatic rings. The number of rotatable bonds is 6. The number of para-hydroxylation sites is 1. The molecule has 1 atom stereocenters. The molecule has 0 radical (unpaired) electrons. The lowest BCUT2D eigenvalue weighted by molar-refractivity contribution is 0.0784. The van der Waals surface area contributed by atoms with E-state index in [1.807, 2.05) is 32.0 Å². The first-order valence-electron chi connectivity index (χ1n) is 12.9. The van der Waals surface area contributed by atoms with Gasteiger partial charge in [-0.1, -0.05) is 38.1 Å². The van der Waals surface area contributed by atoms with E-state index in [-0.39, 0.29) is 24.5 Å². The summed E-state index contributed by atoms with van der Waals surface area (Å²) in [6.45, 7) is 4.13. The van der Waals surface area contributed by atoms with Crippen LogP contribution >= 0.6 is 0 Å². The molecule has 1 N–H and O–H groups in total. The third-order valence-corrected chi connectivity index (χ3v) is 7.30. The maximum atomic E-state index is 14.4. The molecule has 1 aliphatic rings. The molecule has 10 heteroatoms. The number of carbonyl (C=O) groups is 1. The van der Waals surface area contributed by atoms with E-state index >= 15 is 0 Å². The first kappa shape index (κ1) is 26.3. The van der Waals surface area contributed by atoms with Crippen LogP contribution in [0.15, 0.2) is 53.5 Å². The minimum atomic E-state index is -0.901. The summed E-state index contributed by atoms with van der Waals surface area (Å²) in [4.78, 5) is 32.6. The average Bonchev–Trinajstić information content (AvgIpc) is 3.57. The SMILES string of the molecule is CCc1cccc(CC)c1-n1c(-c2ccn(C)n2)nc(=O)c(C(=O)N2CCC(c3c(F)cccc3F)C2)c1O. The first-order valence-corrected chi connectivity index (χ1v) is 12.9. The van der Waals surface area contributed by atoms with Crippen molar-refractivity contribution in [3.05, 3.63) is 92.9 Å². The average molecular weight is 534 g/mol. The van der Waals surface area contributed by atoms with Gasteiger partial charge in [0.25, 0.3) is 11.5 Å². The number of aromatic hydroxyl groups is 1. The molecule has 2 aromatic heterocycles. The van der Waals surface area contributed by atoms with Crippen LogP contribution in [0.25, 0.3) is 17.2 Å². The van der Waals surface area contributed by atoms with Gasteiger partial charge in [-0.25, -0.2) is 8.78 Å². The molecular formula is C29H29F2N5O3. The molecule has 2 aromatic carbocycles. The third-order valence-electron chi connectivity index (χ3n) is 7.30. The highest BCUT2D eigenvalue weighted by Crippen LogP contribution is 2.35. The van der Waals surface area contributed by atoms with E-state index in [4.69, 9.17) is 0 Å². The van der Waals surface area contributed by atoms with Gasteiger partial charge < -0.3 is 10.0 Å². The number of nitrogens with zero attached hydrogens (tertiary/aromatic N) is 5. The summed E-state index contributed by atoms with van der Waals surface area (Å²) in [6, 6.07) is 11.1. The lowest BCUT2D eigenvalue weighted by Crippen LogP contribution is -2.34. The lowest BCUT2D eigenvalue weighted by Gasteiger charge is -2.23. The first-order chi connectivity index (χ1) is 18.7. The van der Waals surface area contributed by atoms with Gasteiger partial charge in [-0.2, -0.15) is 10.1 Å². The van der Waals surface area contributed by atoms with Crippen molar-refractivity contribution in [2.24, 2.45) is 7.05 Å². The van der Waals surface area contributed by atoms with E-state index in [0.29, 0.717) is 30.6 Å². The van der Waals surface area contributed by atoms with Crippen molar-refractivity contribution in [1.29, 1.82) is 0 Å². The van der Waals surface area contributed by atoms with Gasteiger partial charge >= 0.3 is 0 Å². The fourth-order valence-electron chi connectivity index (χ4n) is 5.36. The van der Waals surface area contributed by atoms with Crippen molar-refractivity contribution in [1.82, 2.24) is 24.2 Å². The Morgan fingerprint density at radius 2 is 1.69 bits per heavy atom. The minimum absolute atomic E-state index is 0.00329. The molecular weight excluding hydrogens is 504 g/mol. The summed E-state index contributed by atoms with van der Waals surface area (Å²) >= 11 is 0. The molecule has 39 heavy (non-hydrogen) atoms. The minimum Gasteiger partial charge on any atom is -0.493 e. The highest BCUT2D eigenvalue weighted by atomic mass is 19.1. The van der Waals surface area contributed by atoms with Crippen molar-refractivity contribution in [3.63, 3.8) is 0 Å². The largest absolute Gasteiger partial charge is 0.493 e. The van der Waals surface area contributed by atoms with Gasteiger partial charge in [-0.05, 0) is 48.6 Å². The number of hydrogen-bond donors (Lipinski definition) is 1. The van der Waals surface area contributed by atoms with E-state index in [1.54, 1.807) is 24.0 Å². The molecule has 1 fully saturated rings. The number of carbonyl (C=O) groups excluding carboxylic acids is 1. The molecule has 0 bridgehead atoms. The summed E-state index contributed by atoms with van der Waals surface area (Å²) in [5.41, 5.74) is 1.30. The third kappa shape index (κ3) is 4.60. The number of aromatic nitrogens is 4. The van der Waals surface area contributed by atoms with Crippen molar-refractivity contribution < 1.29 is 18.7 Å². The number of amides is 1. The Balaban J connectivity index is 1.65. The number of likely N-dealkylation sites (tertiary alicyclic amines) is 1. The van der Waals surface area contributed by atoms with Gasteiger partial charge in [-0.15, -0.1) is 0 Å². The molecule has 5 rings (SSSR count). The second-order valence-electron chi connectivity index (χ2n) is 9.65. The van der Waals surface area contributed by atoms with Crippen molar-refractivity contribution in [3.8, 4) is 23.1 Å². The summed E-state index contributed by atoms with van der Waals surface area (Å²) in [6.07, 6.45) is 3.26. The van der Waals surface area contributed by atoms with Gasteiger partial charge in [0, 0.05) is 37.8 Å². The molecule has 8 nitrogen and oxygen atoms in total. The van der Waals surface area contributed by atoms with Gasteiger partial charge in [0.2, 0.25) is 5.88 Å². The van der Waals surface area contributed by atoms with E-state index in [2.05, 4.69) is 10.1 Å². The fourth-order valence-corrected chi connectivity index (χ4v) is 5.36. The van der Waals surface area contributed by atoms with E-state index in [0.717, 1.165) is 11.1 Å². The highest BCUT2D eigenvalue weighted by molar-refractivity contribution is 5.96. The molecule has 0 saturated carbocycles. The molecule has 3 heterocycles. The summed E-state index contributed by atoms with van der Waals surface area (Å²) in [7, 11) is 1.73. The monoisotopic (exact) mass is 533 g/mol. The predicted molar refractivity (Wildman–Crippen MR) is 142 cm³/mol. The van der Waals surface area contributed by atoms with Crippen molar-refractivity contribution in [2.45, 2.75) is 39.0 Å². The van der Waals surface area contributed by atoms with Crippen LogP contribution in [0.2, 0.25) is 0 Å². The van der Waals surface area contributed by atoms with Crippen LogP contribution in [0.3, 0.4) is 0 Å². The van der Waals surface area contributed by atoms with Gasteiger partial charge in [0.05, 0.1) is 5.69 Å². The van der Waals surface area contributed by atoms with Gasteiger partial charge in [0.15, 0.2) is 11.4 Å². The smallest absolute Gasteiger partial charge is 0.290 e. The molecule has 0 spiro atoms. The normalized spacial score (nSPS) is 15.2. The Morgan fingerprint density at radius 1 is 1.05 bits per heavy atom. The van der Waals surface area contributed by atoms with Gasteiger partial charge in [0.1, 0.15) is 17.3 Å². The van der Waals surface area contributed by atoms with Crippen molar-refractivity contribution in [2.75, 3.05) is 13.1 Å². The summed E-state index contributed by atoms with van der Waals surface area (Å²) in [5.74, 6) is -3.10. The second-order valence-corrected chi connectivity index (χ2v) is 9.65. The zero-order chi connectivity index (χ0) is 27.8. The summed E-state index contributed by atoms with van der Waals surface area (Å²) < 4.78 is 31.8. The Kier molecular flexibility index (Phi) is 7.03. The maximum Gasteiger partial charge on any atom is 0.290 e. The zero-order valence-electron chi connectivity index (χ0n) is 22.0. The fraction of sp³-hybridized carbons (Fsp3) is 0.310. The van der Waals surface area contributed by atoms with Crippen LogP contribution < -0.4 is 5.56 Å². The highest BCUT2D eigenvalue weighted by Gasteiger charge is 2.35. The lowest BCUT2D eigenvalue weighted by atomic mass is 9.97. The van der Waals surface area contributed by atoms with E-state index in [9.17, 15) is 23.5 Å². The standard InChI is InChI=1S/C29H29F2N5O3/c1-4-17-8-6-9-18(5-2)25(17)36-26(22-13-14-34(3)33-22)32-27(37)24(29(36)39)28(38)35-15-12-19(16-35)23-20(30)10-7-11-21(23)31/h6-11,13-14,19,39H,4-5,12,15-16H2,1-3H3. The number of benzene rings is 2. The Morgan fingerprint density at radius 3 is 2.28 bits per heavy atom. The van der Waals surface area contributed by atoms with Gasteiger partial charge in [-0.3, -0.25) is 18.8 Å². The molecule has 0 aliphatic carbocycles. The maximum absolute atomic E-state index is 14.4. The van der Waals surface area contributed by atoms with Crippen LogP contribution in [0.1, 0.15) is 53.2 Å². The van der Waals surface area contributed by atoms with E-state index < -0.39 is 40.5 Å². The number of hydrogen-bond acceptors (Lipinski definition) is 5. The predicted octanol–water partition coefficient (Wildman–Crippen LogP) is 4.37. The molecule has 1 unspecified atom stereocenters. The number of halogens is 2. The van der Waals surface area contributed by atoms with Crippen LogP contribution in [-0.4, -0.2) is 48.3 Å². The van der Waals surface area contributed by atoms with Crippen LogP contribution in [0.5, 0.6) is 5.88 Å². The molecule has 1 amide bonds.